The van der Waals surface area contributed by atoms with Crippen molar-refractivity contribution in [2.45, 2.75) is 12.5 Å². The maximum Gasteiger partial charge on any atom is 0.0831 e. The van der Waals surface area contributed by atoms with Crippen molar-refractivity contribution in [3.63, 3.8) is 0 Å². The Morgan fingerprint density at radius 1 is 1.33 bits per heavy atom. The van der Waals surface area contributed by atoms with E-state index in [9.17, 15) is 5.11 Å². The number of anilines is 1. The van der Waals surface area contributed by atoms with Crippen LogP contribution in [0.2, 0.25) is 0 Å². The lowest BCUT2D eigenvalue weighted by Gasteiger charge is -2.11. The van der Waals surface area contributed by atoms with Crippen molar-refractivity contribution in [3.8, 4) is 0 Å². The summed E-state index contributed by atoms with van der Waals surface area (Å²) >= 11 is 0. The lowest BCUT2D eigenvalue weighted by molar-refractivity contribution is 0.135. The molecule has 1 unspecified atom stereocenters. The van der Waals surface area contributed by atoms with E-state index in [1.54, 1.807) is 12.1 Å². The normalized spacial score (nSPS) is 12.8. The Labute approximate surface area is 71.5 Å². The lowest BCUT2D eigenvalue weighted by atomic mass is 10.1. The van der Waals surface area contributed by atoms with Gasteiger partial charge in [-0.3, -0.25) is 0 Å². The molecule has 0 aliphatic rings. The predicted octanol–water partition coefficient (Wildman–Crippen LogP) is 0.685. The van der Waals surface area contributed by atoms with Crippen molar-refractivity contribution < 1.29 is 10.2 Å². The van der Waals surface area contributed by atoms with Gasteiger partial charge in [-0.2, -0.15) is 0 Å². The fourth-order valence-electron chi connectivity index (χ4n) is 1.09. The van der Waals surface area contributed by atoms with Gasteiger partial charge in [0.25, 0.3) is 0 Å². The molecule has 0 aliphatic carbocycles. The third-order valence-corrected chi connectivity index (χ3v) is 1.76. The minimum Gasteiger partial charge on any atom is -0.398 e. The van der Waals surface area contributed by atoms with Crippen molar-refractivity contribution in [1.82, 2.24) is 0 Å². The molecule has 4 N–H and O–H groups in total. The fourth-order valence-corrected chi connectivity index (χ4v) is 1.09. The number of hydrogen-bond acceptors (Lipinski definition) is 3. The van der Waals surface area contributed by atoms with Gasteiger partial charge >= 0.3 is 0 Å². The number of benzene rings is 1. The Morgan fingerprint density at radius 2 is 2.00 bits per heavy atom. The molecule has 0 radical (unpaired) electrons. The second-order valence-corrected chi connectivity index (χ2v) is 2.66. The van der Waals surface area contributed by atoms with Crippen molar-refractivity contribution in [2.75, 3.05) is 12.3 Å². The number of aliphatic hydroxyl groups is 2. The molecule has 1 atom stereocenters. The molecule has 0 saturated carbocycles. The molecule has 0 aromatic heterocycles. The van der Waals surface area contributed by atoms with Gasteiger partial charge in [-0.1, -0.05) is 18.2 Å². The number of para-hydroxylation sites is 1. The van der Waals surface area contributed by atoms with Crippen molar-refractivity contribution in [3.05, 3.63) is 29.8 Å². The molecular formula is C9H13NO2. The van der Waals surface area contributed by atoms with E-state index >= 15 is 0 Å². The van der Waals surface area contributed by atoms with Crippen LogP contribution in [0.3, 0.4) is 0 Å². The molecule has 1 aromatic carbocycles. The zero-order chi connectivity index (χ0) is 8.97. The Kier molecular flexibility index (Phi) is 3.08. The first-order chi connectivity index (χ1) is 5.75. The summed E-state index contributed by atoms with van der Waals surface area (Å²) in [5.74, 6) is 0. The number of rotatable bonds is 3. The van der Waals surface area contributed by atoms with Gasteiger partial charge in [-0.25, -0.2) is 0 Å². The summed E-state index contributed by atoms with van der Waals surface area (Å²) in [5, 5.41) is 18.0. The summed E-state index contributed by atoms with van der Waals surface area (Å²) < 4.78 is 0. The summed E-state index contributed by atoms with van der Waals surface area (Å²) in [4.78, 5) is 0. The number of nitrogens with two attached hydrogens (primary N) is 1. The second-order valence-electron chi connectivity index (χ2n) is 2.66. The van der Waals surface area contributed by atoms with Crippen LogP contribution in [-0.4, -0.2) is 16.8 Å². The molecule has 0 saturated heterocycles. The average molecular weight is 167 g/mol. The monoisotopic (exact) mass is 167 g/mol. The van der Waals surface area contributed by atoms with Crippen LogP contribution in [0.1, 0.15) is 18.1 Å². The molecular weight excluding hydrogens is 154 g/mol. The molecule has 1 rings (SSSR count). The Hall–Kier alpha value is -1.06. The predicted molar refractivity (Wildman–Crippen MR) is 47.5 cm³/mol. The van der Waals surface area contributed by atoms with Crippen LogP contribution < -0.4 is 5.73 Å². The summed E-state index contributed by atoms with van der Waals surface area (Å²) in [6.07, 6.45) is -0.329. The maximum atomic E-state index is 9.46. The molecule has 3 nitrogen and oxygen atoms in total. The molecule has 0 heterocycles. The van der Waals surface area contributed by atoms with Gasteiger partial charge in [0.1, 0.15) is 0 Å². The number of aliphatic hydroxyl groups excluding tert-OH is 2. The van der Waals surface area contributed by atoms with Crippen molar-refractivity contribution >= 4 is 5.69 Å². The molecule has 66 valence electrons. The second kappa shape index (κ2) is 4.09. The first-order valence-electron chi connectivity index (χ1n) is 3.89. The summed E-state index contributed by atoms with van der Waals surface area (Å²) in [5.41, 5.74) is 6.86. The summed E-state index contributed by atoms with van der Waals surface area (Å²) in [6.45, 7) is -0.0322. The van der Waals surface area contributed by atoms with Crippen molar-refractivity contribution in [1.29, 1.82) is 0 Å². The van der Waals surface area contributed by atoms with E-state index in [1.165, 1.54) is 0 Å². The topological polar surface area (TPSA) is 66.5 Å². The summed E-state index contributed by atoms with van der Waals surface area (Å²) in [7, 11) is 0. The quantitative estimate of drug-likeness (QED) is 0.580. The highest BCUT2D eigenvalue weighted by Crippen LogP contribution is 2.21. The number of hydrogen-bond donors (Lipinski definition) is 3. The maximum absolute atomic E-state index is 9.46. The zero-order valence-corrected chi connectivity index (χ0v) is 6.77. The van der Waals surface area contributed by atoms with E-state index < -0.39 is 6.10 Å². The van der Waals surface area contributed by atoms with Crippen LogP contribution in [0.25, 0.3) is 0 Å². The van der Waals surface area contributed by atoms with Gasteiger partial charge in [0.2, 0.25) is 0 Å². The smallest absolute Gasteiger partial charge is 0.0831 e. The molecule has 0 amide bonds. The van der Waals surface area contributed by atoms with E-state index in [2.05, 4.69) is 0 Å². The molecule has 0 bridgehead atoms. The molecule has 0 spiro atoms. The Morgan fingerprint density at radius 3 is 2.58 bits per heavy atom. The fraction of sp³-hybridized carbons (Fsp3) is 0.333. The van der Waals surface area contributed by atoms with E-state index in [0.717, 1.165) is 0 Å². The van der Waals surface area contributed by atoms with Gasteiger partial charge in [-0.15, -0.1) is 0 Å². The molecule has 3 heteroatoms. The van der Waals surface area contributed by atoms with Gasteiger partial charge in [0, 0.05) is 24.3 Å². The average Bonchev–Trinajstić information content (AvgIpc) is 2.05. The highest BCUT2D eigenvalue weighted by Gasteiger charge is 2.08. The van der Waals surface area contributed by atoms with Gasteiger partial charge < -0.3 is 15.9 Å². The molecule has 1 aromatic rings. The largest absolute Gasteiger partial charge is 0.398 e. The standard InChI is InChI=1S/C9H13NO2/c10-8-4-2-1-3-7(8)9(12)5-6-11/h1-4,9,11-12H,5-6,10H2. The van der Waals surface area contributed by atoms with Crippen LogP contribution in [0.15, 0.2) is 24.3 Å². The van der Waals surface area contributed by atoms with Crippen LogP contribution in [-0.2, 0) is 0 Å². The first kappa shape index (κ1) is 9.03. The van der Waals surface area contributed by atoms with Crippen LogP contribution >= 0.6 is 0 Å². The van der Waals surface area contributed by atoms with Gasteiger partial charge in [0.15, 0.2) is 0 Å². The first-order valence-corrected chi connectivity index (χ1v) is 3.89. The zero-order valence-electron chi connectivity index (χ0n) is 6.77. The molecule has 0 fully saturated rings. The highest BCUT2D eigenvalue weighted by atomic mass is 16.3. The lowest BCUT2D eigenvalue weighted by Crippen LogP contribution is -2.03. The highest BCUT2D eigenvalue weighted by molar-refractivity contribution is 5.47. The SMILES string of the molecule is Nc1ccccc1C(O)CCO. The Bertz CT molecular complexity index is 250. The molecule has 0 aliphatic heterocycles. The third kappa shape index (κ3) is 1.96. The van der Waals surface area contributed by atoms with E-state index in [1.807, 2.05) is 12.1 Å². The van der Waals surface area contributed by atoms with Crippen LogP contribution in [0, 0.1) is 0 Å². The Balaban J connectivity index is 2.79. The van der Waals surface area contributed by atoms with E-state index in [4.69, 9.17) is 10.8 Å². The minimum atomic E-state index is -0.656. The minimum absolute atomic E-state index is 0.0322. The van der Waals surface area contributed by atoms with E-state index in [0.29, 0.717) is 17.7 Å². The summed E-state index contributed by atoms with van der Waals surface area (Å²) in [6, 6.07) is 7.11. The number of nitrogen functional groups attached to an aromatic ring is 1. The third-order valence-electron chi connectivity index (χ3n) is 1.76. The van der Waals surface area contributed by atoms with E-state index in [-0.39, 0.29) is 6.61 Å². The van der Waals surface area contributed by atoms with Gasteiger partial charge in [0.05, 0.1) is 6.10 Å². The van der Waals surface area contributed by atoms with Crippen LogP contribution in [0.4, 0.5) is 5.69 Å². The van der Waals surface area contributed by atoms with Crippen LogP contribution in [0.5, 0.6) is 0 Å². The van der Waals surface area contributed by atoms with Crippen molar-refractivity contribution in [2.24, 2.45) is 0 Å². The van der Waals surface area contributed by atoms with Gasteiger partial charge in [-0.05, 0) is 6.07 Å². The molecule has 12 heavy (non-hydrogen) atoms.